The van der Waals surface area contributed by atoms with Gasteiger partial charge in [0.25, 0.3) is 0 Å². The number of nitrogens with zero attached hydrogens (tertiary/aromatic N) is 1. The molecule has 22 heavy (non-hydrogen) atoms. The fourth-order valence-electron chi connectivity index (χ4n) is 3.16. The number of nitriles is 1. The van der Waals surface area contributed by atoms with Crippen molar-refractivity contribution >= 4 is 15.5 Å². The molecule has 0 saturated heterocycles. The third-order valence-corrected chi connectivity index (χ3v) is 5.45. The van der Waals surface area contributed by atoms with Gasteiger partial charge in [-0.25, -0.2) is 8.42 Å². The predicted molar refractivity (Wildman–Crippen MR) is 85.1 cm³/mol. The van der Waals surface area contributed by atoms with Gasteiger partial charge in [0.15, 0.2) is 9.84 Å². The summed E-state index contributed by atoms with van der Waals surface area (Å²) in [6.07, 6.45) is 2.65. The van der Waals surface area contributed by atoms with Crippen molar-refractivity contribution in [3.63, 3.8) is 0 Å². The van der Waals surface area contributed by atoms with Crippen LogP contribution in [0.5, 0.6) is 0 Å². The lowest BCUT2D eigenvalue weighted by Crippen LogP contribution is -2.22. The normalized spacial score (nSPS) is 20.4. The summed E-state index contributed by atoms with van der Waals surface area (Å²) in [7, 11) is -3.24. The molecule has 4 nitrogen and oxygen atoms in total. The molecular weight excluding hydrogens is 296 g/mol. The molecule has 0 amide bonds. The minimum Gasteiger partial charge on any atom is -0.399 e. The van der Waals surface area contributed by atoms with Gasteiger partial charge in [0, 0.05) is 11.9 Å². The Balaban J connectivity index is 2.13. The number of nitrogen functional groups attached to an aromatic ring is 1. The number of rotatable bonds is 2. The standard InChI is InChI=1S/C17H16N2O2S/c1-22(20,21)15-5-2-13(3-6-15)17(11-18)9-8-12-10-14(19)4-7-16(12)17/h2-7,10H,8-9,19H2,1H3. The number of hydrogen-bond acceptors (Lipinski definition) is 4. The molecule has 0 aliphatic heterocycles. The lowest BCUT2D eigenvalue weighted by Gasteiger charge is -2.23. The van der Waals surface area contributed by atoms with E-state index in [1.165, 1.54) is 6.26 Å². The van der Waals surface area contributed by atoms with Crippen molar-refractivity contribution < 1.29 is 8.42 Å². The lowest BCUT2D eigenvalue weighted by atomic mass is 9.77. The second kappa shape index (κ2) is 4.85. The van der Waals surface area contributed by atoms with Crippen LogP contribution < -0.4 is 5.73 Å². The zero-order valence-corrected chi connectivity index (χ0v) is 13.0. The van der Waals surface area contributed by atoms with Crippen LogP contribution in [0.1, 0.15) is 23.1 Å². The first-order valence-electron chi connectivity index (χ1n) is 6.97. The van der Waals surface area contributed by atoms with Crippen LogP contribution in [0, 0.1) is 11.3 Å². The summed E-state index contributed by atoms with van der Waals surface area (Å²) < 4.78 is 23.1. The highest BCUT2D eigenvalue weighted by Crippen LogP contribution is 2.44. The van der Waals surface area contributed by atoms with Crippen LogP contribution in [0.2, 0.25) is 0 Å². The van der Waals surface area contributed by atoms with Crippen molar-refractivity contribution in [2.75, 3.05) is 12.0 Å². The highest BCUT2D eigenvalue weighted by Gasteiger charge is 2.40. The molecule has 1 aliphatic rings. The van der Waals surface area contributed by atoms with E-state index in [-0.39, 0.29) is 4.90 Å². The molecule has 0 saturated carbocycles. The Morgan fingerprint density at radius 3 is 2.45 bits per heavy atom. The van der Waals surface area contributed by atoms with Crippen LogP contribution in [-0.4, -0.2) is 14.7 Å². The van der Waals surface area contributed by atoms with Crippen molar-refractivity contribution in [1.82, 2.24) is 0 Å². The largest absolute Gasteiger partial charge is 0.399 e. The van der Waals surface area contributed by atoms with E-state index in [4.69, 9.17) is 5.73 Å². The fraction of sp³-hybridized carbons (Fsp3) is 0.235. The van der Waals surface area contributed by atoms with Crippen LogP contribution in [0.3, 0.4) is 0 Å². The molecule has 0 fully saturated rings. The summed E-state index contributed by atoms with van der Waals surface area (Å²) in [6, 6.07) is 14.7. The van der Waals surface area contributed by atoms with Crippen molar-refractivity contribution in [2.45, 2.75) is 23.2 Å². The number of fused-ring (bicyclic) bond motifs is 1. The lowest BCUT2D eigenvalue weighted by molar-refractivity contribution is 0.601. The summed E-state index contributed by atoms with van der Waals surface area (Å²) in [4.78, 5) is 0.264. The predicted octanol–water partition coefficient (Wildman–Crippen LogP) is 2.43. The van der Waals surface area contributed by atoms with Gasteiger partial charge in [0.2, 0.25) is 0 Å². The van der Waals surface area contributed by atoms with E-state index in [2.05, 4.69) is 6.07 Å². The van der Waals surface area contributed by atoms with Crippen LogP contribution in [0.25, 0.3) is 0 Å². The summed E-state index contributed by atoms with van der Waals surface area (Å²) in [5.41, 5.74) is 8.67. The molecule has 112 valence electrons. The van der Waals surface area contributed by atoms with Gasteiger partial charge in [-0.05, 0) is 53.8 Å². The van der Waals surface area contributed by atoms with Crippen molar-refractivity contribution in [3.8, 4) is 6.07 Å². The summed E-state index contributed by atoms with van der Waals surface area (Å²) >= 11 is 0. The van der Waals surface area contributed by atoms with Crippen LogP contribution in [0.15, 0.2) is 47.4 Å². The average Bonchev–Trinajstić information content (AvgIpc) is 2.85. The Bertz CT molecular complexity index is 880. The Labute approximate surface area is 130 Å². The topological polar surface area (TPSA) is 84.0 Å². The van der Waals surface area contributed by atoms with Gasteiger partial charge >= 0.3 is 0 Å². The molecule has 1 atom stereocenters. The SMILES string of the molecule is CS(=O)(=O)c1ccc(C2(C#N)CCc3cc(N)ccc32)cc1. The maximum Gasteiger partial charge on any atom is 0.175 e. The van der Waals surface area contributed by atoms with Crippen molar-refractivity contribution in [2.24, 2.45) is 0 Å². The molecule has 1 unspecified atom stereocenters. The van der Waals surface area contributed by atoms with Crippen molar-refractivity contribution in [3.05, 3.63) is 59.2 Å². The van der Waals surface area contributed by atoms with Gasteiger partial charge in [-0.1, -0.05) is 18.2 Å². The van der Waals surface area contributed by atoms with Crippen LogP contribution >= 0.6 is 0 Å². The maximum atomic E-state index is 11.6. The second-order valence-electron chi connectivity index (χ2n) is 5.73. The molecule has 0 aromatic heterocycles. The fourth-order valence-corrected chi connectivity index (χ4v) is 3.79. The first kappa shape index (κ1) is 14.6. The first-order valence-corrected chi connectivity index (χ1v) is 8.87. The van der Waals surface area contributed by atoms with Gasteiger partial charge in [0.1, 0.15) is 5.41 Å². The Morgan fingerprint density at radius 2 is 1.86 bits per heavy atom. The smallest absolute Gasteiger partial charge is 0.175 e. The Hall–Kier alpha value is -2.32. The van der Waals surface area contributed by atoms with Gasteiger partial charge in [-0.2, -0.15) is 5.26 Å². The van der Waals surface area contributed by atoms with Gasteiger partial charge < -0.3 is 5.73 Å². The second-order valence-corrected chi connectivity index (χ2v) is 7.75. The van der Waals surface area contributed by atoms with Crippen LogP contribution in [-0.2, 0) is 21.7 Å². The van der Waals surface area contributed by atoms with E-state index in [1.807, 2.05) is 12.1 Å². The molecule has 5 heteroatoms. The number of hydrogen-bond donors (Lipinski definition) is 1. The van der Waals surface area contributed by atoms with E-state index in [0.717, 1.165) is 23.1 Å². The molecular formula is C17H16N2O2S. The molecule has 2 aromatic carbocycles. The van der Waals surface area contributed by atoms with Crippen LogP contribution in [0.4, 0.5) is 5.69 Å². The highest BCUT2D eigenvalue weighted by atomic mass is 32.2. The highest BCUT2D eigenvalue weighted by molar-refractivity contribution is 7.90. The minimum atomic E-state index is -3.24. The molecule has 0 spiro atoms. The summed E-state index contributed by atoms with van der Waals surface area (Å²) in [5.74, 6) is 0. The van der Waals surface area contributed by atoms with Gasteiger partial charge in [-0.15, -0.1) is 0 Å². The molecule has 0 heterocycles. The van der Waals surface area contributed by atoms with E-state index >= 15 is 0 Å². The number of anilines is 1. The monoisotopic (exact) mass is 312 g/mol. The number of benzene rings is 2. The van der Waals surface area contributed by atoms with Gasteiger partial charge in [-0.3, -0.25) is 0 Å². The third kappa shape index (κ3) is 2.16. The minimum absolute atomic E-state index is 0.264. The Morgan fingerprint density at radius 1 is 1.18 bits per heavy atom. The number of nitrogens with two attached hydrogens (primary N) is 1. The van der Waals surface area contributed by atoms with E-state index < -0.39 is 15.3 Å². The maximum absolute atomic E-state index is 11.6. The zero-order chi connectivity index (χ0) is 16.0. The molecule has 0 bridgehead atoms. The molecule has 3 rings (SSSR count). The summed E-state index contributed by atoms with van der Waals surface area (Å²) in [6.45, 7) is 0. The van der Waals surface area contributed by atoms with Crippen molar-refractivity contribution in [1.29, 1.82) is 5.26 Å². The number of sulfone groups is 1. The first-order chi connectivity index (χ1) is 10.4. The zero-order valence-electron chi connectivity index (χ0n) is 12.2. The molecule has 1 aliphatic carbocycles. The van der Waals surface area contributed by atoms with E-state index in [1.54, 1.807) is 30.3 Å². The quantitative estimate of drug-likeness (QED) is 0.863. The van der Waals surface area contributed by atoms with Gasteiger partial charge in [0.05, 0.1) is 11.0 Å². The molecule has 2 aromatic rings. The Kier molecular flexibility index (Phi) is 3.22. The molecule has 0 radical (unpaired) electrons. The average molecular weight is 312 g/mol. The summed E-state index contributed by atoms with van der Waals surface area (Å²) in [5, 5.41) is 9.82. The number of aryl methyl sites for hydroxylation is 1. The molecule has 2 N–H and O–H groups in total. The third-order valence-electron chi connectivity index (χ3n) is 4.32. The van der Waals surface area contributed by atoms with E-state index in [0.29, 0.717) is 12.1 Å². The van der Waals surface area contributed by atoms with E-state index in [9.17, 15) is 13.7 Å².